The molecule has 0 aromatic carbocycles. The molecule has 1 N–H and O–H groups in total. The molecule has 0 aromatic rings. The zero-order valence-corrected chi connectivity index (χ0v) is 7.48. The quantitative estimate of drug-likeness (QED) is 0.589. The highest BCUT2D eigenvalue weighted by Gasteiger charge is 2.28. The second-order valence-electron chi connectivity index (χ2n) is 3.58. The molecule has 12 heavy (non-hydrogen) atoms. The zero-order valence-electron chi connectivity index (χ0n) is 7.48. The van der Waals surface area contributed by atoms with Crippen LogP contribution in [-0.2, 0) is 4.79 Å². The molecular weight excluding hydrogens is 150 g/mol. The number of hydrogen-bond acceptors (Lipinski definition) is 2. The van der Waals surface area contributed by atoms with Crippen molar-refractivity contribution in [1.29, 1.82) is 0 Å². The summed E-state index contributed by atoms with van der Waals surface area (Å²) < 4.78 is 0. The summed E-state index contributed by atoms with van der Waals surface area (Å²) in [5, 5.41) is 3.26. The number of rotatable bonds is 0. The van der Waals surface area contributed by atoms with Crippen LogP contribution in [0.15, 0.2) is 23.0 Å². The molecule has 2 rings (SSSR count). The van der Waals surface area contributed by atoms with Crippen LogP contribution < -0.4 is 5.32 Å². The SMILES string of the molecule is CC1=C[C@@H](C)C2=C(CCC2=O)N1. The molecule has 0 saturated carbocycles. The molecule has 0 saturated heterocycles. The van der Waals surface area contributed by atoms with Gasteiger partial charge in [-0.3, -0.25) is 4.79 Å². The minimum absolute atomic E-state index is 0.316. The summed E-state index contributed by atoms with van der Waals surface area (Å²) in [6, 6.07) is 0. The molecular formula is C10H13NO. The largest absolute Gasteiger partial charge is 0.362 e. The van der Waals surface area contributed by atoms with Gasteiger partial charge in [-0.15, -0.1) is 0 Å². The lowest BCUT2D eigenvalue weighted by molar-refractivity contribution is -0.115. The summed E-state index contributed by atoms with van der Waals surface area (Å²) >= 11 is 0. The van der Waals surface area contributed by atoms with Crippen molar-refractivity contribution in [1.82, 2.24) is 5.32 Å². The van der Waals surface area contributed by atoms with E-state index >= 15 is 0 Å². The predicted octanol–water partition coefficient (Wildman–Crippen LogP) is 1.75. The Hall–Kier alpha value is -1.05. The van der Waals surface area contributed by atoms with E-state index in [1.807, 2.05) is 6.92 Å². The van der Waals surface area contributed by atoms with E-state index in [9.17, 15) is 4.79 Å². The Morgan fingerprint density at radius 1 is 1.50 bits per heavy atom. The number of carbonyl (C=O) groups is 1. The molecule has 1 aliphatic carbocycles. The molecule has 0 bridgehead atoms. The van der Waals surface area contributed by atoms with E-state index in [0.717, 1.165) is 17.7 Å². The summed E-state index contributed by atoms with van der Waals surface area (Å²) in [4.78, 5) is 11.4. The molecule has 0 amide bonds. The first-order valence-corrected chi connectivity index (χ1v) is 4.40. The molecule has 0 spiro atoms. The molecule has 0 fully saturated rings. The first kappa shape index (κ1) is 7.59. The first-order chi connectivity index (χ1) is 5.68. The number of allylic oxidation sites excluding steroid dienone is 4. The lowest BCUT2D eigenvalue weighted by atomic mass is 9.95. The van der Waals surface area contributed by atoms with E-state index in [1.165, 1.54) is 5.70 Å². The molecule has 1 aliphatic heterocycles. The fourth-order valence-electron chi connectivity index (χ4n) is 2.07. The minimum atomic E-state index is 0.316. The van der Waals surface area contributed by atoms with Crippen molar-refractivity contribution in [3.8, 4) is 0 Å². The van der Waals surface area contributed by atoms with Gasteiger partial charge in [0.2, 0.25) is 0 Å². The van der Waals surface area contributed by atoms with Gasteiger partial charge in [-0.1, -0.05) is 13.0 Å². The molecule has 0 radical (unpaired) electrons. The maximum absolute atomic E-state index is 11.4. The molecule has 1 heterocycles. The van der Waals surface area contributed by atoms with E-state index in [2.05, 4.69) is 18.3 Å². The maximum Gasteiger partial charge on any atom is 0.161 e. The van der Waals surface area contributed by atoms with Gasteiger partial charge in [0.25, 0.3) is 0 Å². The van der Waals surface area contributed by atoms with Gasteiger partial charge in [-0.05, 0) is 13.3 Å². The van der Waals surface area contributed by atoms with Crippen molar-refractivity contribution in [3.05, 3.63) is 23.0 Å². The Balaban J connectivity index is 2.36. The third-order valence-corrected chi connectivity index (χ3v) is 2.53. The zero-order chi connectivity index (χ0) is 8.72. The molecule has 0 unspecified atom stereocenters. The van der Waals surface area contributed by atoms with Crippen LogP contribution in [0, 0.1) is 5.92 Å². The first-order valence-electron chi connectivity index (χ1n) is 4.40. The summed E-state index contributed by atoms with van der Waals surface area (Å²) in [7, 11) is 0. The fourth-order valence-corrected chi connectivity index (χ4v) is 2.07. The molecule has 64 valence electrons. The number of nitrogens with one attached hydrogen (secondary N) is 1. The van der Waals surface area contributed by atoms with Crippen LogP contribution in [0.4, 0.5) is 0 Å². The van der Waals surface area contributed by atoms with Gasteiger partial charge in [0.1, 0.15) is 0 Å². The van der Waals surface area contributed by atoms with E-state index in [4.69, 9.17) is 0 Å². The Morgan fingerprint density at radius 3 is 3.00 bits per heavy atom. The van der Waals surface area contributed by atoms with Gasteiger partial charge in [0, 0.05) is 29.3 Å². The number of dihydropyridines is 1. The minimum Gasteiger partial charge on any atom is -0.362 e. The lowest BCUT2D eigenvalue weighted by Gasteiger charge is -2.19. The average Bonchev–Trinajstić information content (AvgIpc) is 2.31. The van der Waals surface area contributed by atoms with Crippen LogP contribution in [0.5, 0.6) is 0 Å². The number of ketones is 1. The van der Waals surface area contributed by atoms with Crippen LogP contribution in [0.3, 0.4) is 0 Å². The summed E-state index contributed by atoms with van der Waals surface area (Å²) in [5.41, 5.74) is 3.35. The van der Waals surface area contributed by atoms with Crippen molar-refractivity contribution in [2.75, 3.05) is 0 Å². The third kappa shape index (κ3) is 0.986. The molecule has 1 atom stereocenters. The highest BCUT2D eigenvalue weighted by atomic mass is 16.1. The Bertz CT molecular complexity index is 299. The van der Waals surface area contributed by atoms with Crippen LogP contribution >= 0.6 is 0 Å². The lowest BCUT2D eigenvalue weighted by Crippen LogP contribution is -2.20. The fraction of sp³-hybridized carbons (Fsp3) is 0.500. The topological polar surface area (TPSA) is 29.1 Å². The number of carbonyl (C=O) groups excluding carboxylic acids is 1. The number of hydrogen-bond donors (Lipinski definition) is 1. The monoisotopic (exact) mass is 163 g/mol. The van der Waals surface area contributed by atoms with E-state index < -0.39 is 0 Å². The van der Waals surface area contributed by atoms with Crippen molar-refractivity contribution in [2.24, 2.45) is 5.92 Å². The predicted molar refractivity (Wildman–Crippen MR) is 47.3 cm³/mol. The van der Waals surface area contributed by atoms with Crippen LogP contribution in [0.25, 0.3) is 0 Å². The second kappa shape index (κ2) is 2.47. The van der Waals surface area contributed by atoms with Gasteiger partial charge in [-0.25, -0.2) is 0 Å². The Morgan fingerprint density at radius 2 is 2.25 bits per heavy atom. The van der Waals surface area contributed by atoms with Gasteiger partial charge >= 0.3 is 0 Å². The van der Waals surface area contributed by atoms with Gasteiger partial charge in [-0.2, -0.15) is 0 Å². The molecule has 2 nitrogen and oxygen atoms in total. The second-order valence-corrected chi connectivity index (χ2v) is 3.58. The van der Waals surface area contributed by atoms with Gasteiger partial charge in [0.15, 0.2) is 5.78 Å². The summed E-state index contributed by atoms with van der Waals surface area (Å²) in [6.07, 6.45) is 3.72. The Labute approximate surface area is 72.3 Å². The molecule has 2 aliphatic rings. The highest BCUT2D eigenvalue weighted by molar-refractivity contribution is 5.99. The van der Waals surface area contributed by atoms with Crippen LogP contribution in [0.1, 0.15) is 26.7 Å². The van der Waals surface area contributed by atoms with Crippen molar-refractivity contribution in [3.63, 3.8) is 0 Å². The van der Waals surface area contributed by atoms with Crippen molar-refractivity contribution in [2.45, 2.75) is 26.7 Å². The maximum atomic E-state index is 11.4. The smallest absolute Gasteiger partial charge is 0.161 e. The van der Waals surface area contributed by atoms with E-state index in [-0.39, 0.29) is 0 Å². The van der Waals surface area contributed by atoms with Crippen LogP contribution in [0.2, 0.25) is 0 Å². The van der Waals surface area contributed by atoms with Crippen molar-refractivity contribution >= 4 is 5.78 Å². The molecule has 0 aromatic heterocycles. The standard InChI is InChI=1S/C10H13NO/c1-6-5-7(2)11-8-3-4-9(12)10(6)8/h5-6,11H,3-4H2,1-2H3/t6-/m1/s1. The van der Waals surface area contributed by atoms with E-state index in [1.54, 1.807) is 0 Å². The van der Waals surface area contributed by atoms with E-state index in [0.29, 0.717) is 18.1 Å². The third-order valence-electron chi connectivity index (χ3n) is 2.53. The Kier molecular flexibility index (Phi) is 1.56. The number of Topliss-reactive ketones (excluding diaryl/α,β-unsaturated/α-hetero) is 1. The van der Waals surface area contributed by atoms with Gasteiger partial charge in [0.05, 0.1) is 0 Å². The summed E-state index contributed by atoms with van der Waals surface area (Å²) in [6.45, 7) is 4.13. The van der Waals surface area contributed by atoms with Gasteiger partial charge < -0.3 is 5.32 Å². The van der Waals surface area contributed by atoms with Crippen LogP contribution in [-0.4, -0.2) is 5.78 Å². The average molecular weight is 163 g/mol. The highest BCUT2D eigenvalue weighted by Crippen LogP contribution is 2.31. The van der Waals surface area contributed by atoms with Crippen molar-refractivity contribution < 1.29 is 4.79 Å². The molecule has 2 heteroatoms. The normalized spacial score (nSPS) is 28.3. The summed E-state index contributed by atoms with van der Waals surface area (Å²) in [5.74, 6) is 0.644.